The van der Waals surface area contributed by atoms with E-state index in [2.05, 4.69) is 41.0 Å². The molecule has 4 nitrogen and oxygen atoms in total. The van der Waals surface area contributed by atoms with Gasteiger partial charge in [0.15, 0.2) is 5.11 Å². The summed E-state index contributed by atoms with van der Waals surface area (Å²) in [5.74, 6) is -0.303. The molecule has 29 heavy (non-hydrogen) atoms. The molecule has 3 rings (SSSR count). The van der Waals surface area contributed by atoms with E-state index in [0.717, 1.165) is 36.9 Å². The van der Waals surface area contributed by atoms with Crippen molar-refractivity contribution < 1.29 is 9.53 Å². The van der Waals surface area contributed by atoms with E-state index in [-0.39, 0.29) is 11.5 Å². The molecule has 1 fully saturated rings. The van der Waals surface area contributed by atoms with Gasteiger partial charge in [0.1, 0.15) is 0 Å². The van der Waals surface area contributed by atoms with E-state index in [9.17, 15) is 4.79 Å². The van der Waals surface area contributed by atoms with Gasteiger partial charge in [0.05, 0.1) is 12.2 Å². The number of thiocarbonyl (C=S) groups is 1. The van der Waals surface area contributed by atoms with Gasteiger partial charge in [-0.3, -0.25) is 0 Å². The largest absolute Gasteiger partial charge is 0.462 e. The summed E-state index contributed by atoms with van der Waals surface area (Å²) in [5.41, 5.74) is 3.65. The number of rotatable bonds is 7. The molecule has 2 aromatic carbocycles. The second-order valence-electron chi connectivity index (χ2n) is 7.75. The fourth-order valence-corrected chi connectivity index (χ4v) is 4.44. The molecule has 2 N–H and O–H groups in total. The number of hydrogen-bond acceptors (Lipinski definition) is 3. The minimum absolute atomic E-state index is 0.0343. The number of nitrogens with one attached hydrogen (secondary N) is 2. The standard InChI is InChI=1S/C24H30N2O2S/c1-3-28-22(27)20-12-9-13-21(18(20)2)25-23(29)26-24(15-7-8-16-24)17-14-19-10-5-4-6-11-19/h4-6,9-13H,3,7-8,14-17H2,1-2H3,(H2,25,26,29). The molecule has 0 spiro atoms. The second-order valence-corrected chi connectivity index (χ2v) is 8.16. The summed E-state index contributed by atoms with van der Waals surface area (Å²) >= 11 is 5.66. The van der Waals surface area contributed by atoms with Crippen molar-refractivity contribution in [3.05, 3.63) is 65.2 Å². The van der Waals surface area contributed by atoms with E-state index in [1.165, 1.54) is 18.4 Å². The van der Waals surface area contributed by atoms with Crippen LogP contribution in [-0.2, 0) is 11.2 Å². The van der Waals surface area contributed by atoms with Gasteiger partial charge in [0.2, 0.25) is 0 Å². The normalized spacial score (nSPS) is 15.0. The maximum Gasteiger partial charge on any atom is 0.338 e. The fraction of sp³-hybridized carbons (Fsp3) is 0.417. The third-order valence-corrected chi connectivity index (χ3v) is 5.96. The van der Waals surface area contributed by atoms with Gasteiger partial charge in [-0.15, -0.1) is 0 Å². The maximum atomic E-state index is 12.2. The van der Waals surface area contributed by atoms with Gasteiger partial charge < -0.3 is 15.4 Å². The highest BCUT2D eigenvalue weighted by molar-refractivity contribution is 7.80. The molecule has 1 aliphatic carbocycles. The van der Waals surface area contributed by atoms with Crippen LogP contribution >= 0.6 is 12.2 Å². The minimum Gasteiger partial charge on any atom is -0.462 e. The molecule has 0 heterocycles. The molecular weight excluding hydrogens is 380 g/mol. The van der Waals surface area contributed by atoms with Gasteiger partial charge in [0, 0.05) is 11.2 Å². The van der Waals surface area contributed by atoms with Gasteiger partial charge in [-0.2, -0.15) is 0 Å². The summed E-state index contributed by atoms with van der Waals surface area (Å²) in [6.07, 6.45) is 6.80. The zero-order valence-electron chi connectivity index (χ0n) is 17.3. The SMILES string of the molecule is CCOC(=O)c1cccc(NC(=S)NC2(CCc3ccccc3)CCCC2)c1C. The number of ether oxygens (including phenoxy) is 1. The summed E-state index contributed by atoms with van der Waals surface area (Å²) in [4.78, 5) is 12.2. The Bertz CT molecular complexity index is 845. The van der Waals surface area contributed by atoms with E-state index >= 15 is 0 Å². The molecule has 0 amide bonds. The topological polar surface area (TPSA) is 50.4 Å². The van der Waals surface area contributed by atoms with E-state index < -0.39 is 0 Å². The zero-order valence-corrected chi connectivity index (χ0v) is 18.1. The van der Waals surface area contributed by atoms with E-state index in [1.807, 2.05) is 26.0 Å². The zero-order chi connectivity index (χ0) is 20.7. The van der Waals surface area contributed by atoms with Gasteiger partial charge in [0.25, 0.3) is 0 Å². The lowest BCUT2D eigenvalue weighted by Gasteiger charge is -2.32. The summed E-state index contributed by atoms with van der Waals surface area (Å²) in [6.45, 7) is 4.09. The second kappa shape index (κ2) is 9.88. The number of aryl methyl sites for hydroxylation is 1. The predicted octanol–water partition coefficient (Wildman–Crippen LogP) is 5.40. The van der Waals surface area contributed by atoms with Gasteiger partial charge in [-0.05, 0) is 75.0 Å². The number of benzene rings is 2. The van der Waals surface area contributed by atoms with Crippen LogP contribution in [0.3, 0.4) is 0 Å². The molecule has 0 saturated heterocycles. The average molecular weight is 411 g/mol. The maximum absolute atomic E-state index is 12.2. The third-order valence-electron chi connectivity index (χ3n) is 5.75. The minimum atomic E-state index is -0.303. The molecular formula is C24H30N2O2S. The molecule has 0 atom stereocenters. The van der Waals surface area contributed by atoms with Crippen molar-refractivity contribution >= 4 is 29.0 Å². The lowest BCUT2D eigenvalue weighted by molar-refractivity contribution is 0.0525. The Morgan fingerprint density at radius 1 is 1.10 bits per heavy atom. The molecule has 154 valence electrons. The lowest BCUT2D eigenvalue weighted by Crippen LogP contribution is -2.48. The molecule has 0 radical (unpaired) electrons. The quantitative estimate of drug-likeness (QED) is 0.472. The Kier molecular flexibility index (Phi) is 7.26. The number of hydrogen-bond donors (Lipinski definition) is 2. The smallest absolute Gasteiger partial charge is 0.338 e. The monoisotopic (exact) mass is 410 g/mol. The van der Waals surface area contributed by atoms with Crippen LogP contribution in [0.1, 0.15) is 60.5 Å². The first-order chi connectivity index (χ1) is 14.0. The van der Waals surface area contributed by atoms with Crippen LogP contribution in [-0.4, -0.2) is 23.2 Å². The Morgan fingerprint density at radius 3 is 2.52 bits per heavy atom. The number of anilines is 1. The summed E-state index contributed by atoms with van der Waals surface area (Å²) < 4.78 is 5.15. The van der Waals surface area contributed by atoms with Crippen molar-refractivity contribution in [3.8, 4) is 0 Å². The molecule has 5 heteroatoms. The highest BCUT2D eigenvalue weighted by atomic mass is 32.1. The fourth-order valence-electron chi connectivity index (χ4n) is 4.11. The highest BCUT2D eigenvalue weighted by Crippen LogP contribution is 2.34. The molecule has 0 unspecified atom stereocenters. The third kappa shape index (κ3) is 5.57. The van der Waals surface area contributed by atoms with Crippen LogP contribution < -0.4 is 10.6 Å². The Hall–Kier alpha value is -2.40. The molecule has 1 aliphatic rings. The van der Waals surface area contributed by atoms with E-state index in [0.29, 0.717) is 17.3 Å². The van der Waals surface area contributed by atoms with Crippen molar-refractivity contribution in [1.29, 1.82) is 0 Å². The lowest BCUT2D eigenvalue weighted by atomic mass is 9.89. The van der Waals surface area contributed by atoms with Crippen LogP contribution in [0.4, 0.5) is 5.69 Å². The van der Waals surface area contributed by atoms with E-state index in [1.54, 1.807) is 6.07 Å². The Morgan fingerprint density at radius 2 is 1.83 bits per heavy atom. The Labute approximate surface area is 179 Å². The Balaban J connectivity index is 1.66. The van der Waals surface area contributed by atoms with Crippen LogP contribution in [0.25, 0.3) is 0 Å². The van der Waals surface area contributed by atoms with Crippen LogP contribution in [0.2, 0.25) is 0 Å². The first kappa shape index (κ1) is 21.3. The van der Waals surface area contributed by atoms with Crippen molar-refractivity contribution in [3.63, 3.8) is 0 Å². The summed E-state index contributed by atoms with van der Waals surface area (Å²) in [6, 6.07) is 16.2. The van der Waals surface area contributed by atoms with Gasteiger partial charge >= 0.3 is 5.97 Å². The average Bonchev–Trinajstić information content (AvgIpc) is 3.17. The van der Waals surface area contributed by atoms with Crippen molar-refractivity contribution in [2.24, 2.45) is 0 Å². The number of carbonyl (C=O) groups excluding carboxylic acids is 1. The predicted molar refractivity (Wildman–Crippen MR) is 122 cm³/mol. The first-order valence-corrected chi connectivity index (χ1v) is 10.8. The highest BCUT2D eigenvalue weighted by Gasteiger charge is 2.34. The van der Waals surface area contributed by atoms with Crippen LogP contribution in [0.5, 0.6) is 0 Å². The number of esters is 1. The molecule has 2 aromatic rings. The molecule has 0 aromatic heterocycles. The van der Waals surface area contributed by atoms with Crippen molar-refractivity contribution in [2.45, 2.75) is 57.9 Å². The molecule has 0 aliphatic heterocycles. The summed E-state index contributed by atoms with van der Waals surface area (Å²) in [7, 11) is 0. The van der Waals surface area contributed by atoms with Gasteiger partial charge in [-0.25, -0.2) is 4.79 Å². The van der Waals surface area contributed by atoms with Crippen LogP contribution in [0.15, 0.2) is 48.5 Å². The van der Waals surface area contributed by atoms with Gasteiger partial charge in [-0.1, -0.05) is 49.2 Å². The van der Waals surface area contributed by atoms with E-state index in [4.69, 9.17) is 17.0 Å². The molecule has 1 saturated carbocycles. The van der Waals surface area contributed by atoms with Crippen molar-refractivity contribution in [2.75, 3.05) is 11.9 Å². The number of carbonyl (C=O) groups is 1. The van der Waals surface area contributed by atoms with Crippen molar-refractivity contribution in [1.82, 2.24) is 5.32 Å². The summed E-state index contributed by atoms with van der Waals surface area (Å²) in [5, 5.41) is 7.54. The van der Waals surface area contributed by atoms with Crippen LogP contribution in [0, 0.1) is 6.92 Å². The molecule has 0 bridgehead atoms. The first-order valence-electron chi connectivity index (χ1n) is 10.4.